The summed E-state index contributed by atoms with van der Waals surface area (Å²) in [5.41, 5.74) is 2.17. The van der Waals surface area contributed by atoms with Crippen LogP contribution in [0.2, 0.25) is 0 Å². The standard InChI is InChI=1S/C20H28N2O2S/c1-2-21(14-20(24)17-6-5-7-18(23)11-17)13-19-10-16(15-25-19)12-22-8-3-4-9-22/h5-7,10-11,15,20,23-24H,2-4,8-9,12-14H2,1H3/t20-/m0/s1. The molecule has 0 radical (unpaired) electrons. The van der Waals surface area contributed by atoms with Crippen LogP contribution in [0.4, 0.5) is 0 Å². The van der Waals surface area contributed by atoms with E-state index in [2.05, 4.69) is 28.2 Å². The predicted molar refractivity (Wildman–Crippen MR) is 103 cm³/mol. The third-order valence-electron chi connectivity index (χ3n) is 4.83. The predicted octanol–water partition coefficient (Wildman–Crippen LogP) is 3.61. The average Bonchev–Trinajstić information content (AvgIpc) is 3.26. The molecule has 136 valence electrons. The number of aromatic hydroxyl groups is 1. The molecular formula is C20H28N2O2S. The van der Waals surface area contributed by atoms with Gasteiger partial charge in [0.1, 0.15) is 5.75 Å². The van der Waals surface area contributed by atoms with E-state index < -0.39 is 6.10 Å². The van der Waals surface area contributed by atoms with Gasteiger partial charge in [0, 0.05) is 24.5 Å². The van der Waals surface area contributed by atoms with Crippen molar-refractivity contribution in [1.29, 1.82) is 0 Å². The second kappa shape index (κ2) is 8.81. The lowest BCUT2D eigenvalue weighted by Gasteiger charge is -2.23. The van der Waals surface area contributed by atoms with Gasteiger partial charge in [-0.3, -0.25) is 9.80 Å². The topological polar surface area (TPSA) is 46.9 Å². The Morgan fingerprint density at radius 1 is 1.24 bits per heavy atom. The van der Waals surface area contributed by atoms with Crippen molar-refractivity contribution in [3.63, 3.8) is 0 Å². The Morgan fingerprint density at radius 2 is 2.04 bits per heavy atom. The van der Waals surface area contributed by atoms with Crippen molar-refractivity contribution >= 4 is 11.3 Å². The Morgan fingerprint density at radius 3 is 2.76 bits per heavy atom. The Bertz CT molecular complexity index is 667. The number of hydrogen-bond acceptors (Lipinski definition) is 5. The smallest absolute Gasteiger partial charge is 0.115 e. The molecule has 2 N–H and O–H groups in total. The number of phenolic OH excluding ortho intramolecular Hbond substituents is 1. The van der Waals surface area contributed by atoms with Gasteiger partial charge in [0.15, 0.2) is 0 Å². The van der Waals surface area contributed by atoms with E-state index in [-0.39, 0.29) is 5.75 Å². The summed E-state index contributed by atoms with van der Waals surface area (Å²) < 4.78 is 0. The zero-order valence-electron chi connectivity index (χ0n) is 14.9. The maximum absolute atomic E-state index is 10.5. The van der Waals surface area contributed by atoms with Gasteiger partial charge in [0.05, 0.1) is 6.10 Å². The number of hydrogen-bond donors (Lipinski definition) is 2. The van der Waals surface area contributed by atoms with E-state index in [4.69, 9.17) is 0 Å². The third kappa shape index (κ3) is 5.28. The van der Waals surface area contributed by atoms with Crippen LogP contribution in [0.5, 0.6) is 5.75 Å². The molecule has 5 heteroatoms. The number of phenols is 1. The molecule has 0 saturated carbocycles. The van der Waals surface area contributed by atoms with Crippen LogP contribution in [-0.2, 0) is 13.1 Å². The zero-order chi connectivity index (χ0) is 17.6. The minimum absolute atomic E-state index is 0.199. The highest BCUT2D eigenvalue weighted by Crippen LogP contribution is 2.23. The van der Waals surface area contributed by atoms with E-state index in [0.29, 0.717) is 6.54 Å². The van der Waals surface area contributed by atoms with Gasteiger partial charge >= 0.3 is 0 Å². The first-order valence-electron chi connectivity index (χ1n) is 9.12. The molecule has 1 aliphatic heterocycles. The van der Waals surface area contributed by atoms with Crippen LogP contribution >= 0.6 is 11.3 Å². The second-order valence-corrected chi connectivity index (χ2v) is 7.84. The lowest BCUT2D eigenvalue weighted by atomic mass is 10.1. The SMILES string of the molecule is CCN(Cc1cc(CN2CCCC2)cs1)C[C@H](O)c1cccc(O)c1. The minimum Gasteiger partial charge on any atom is -0.508 e. The van der Waals surface area contributed by atoms with Crippen LogP contribution in [0, 0.1) is 0 Å². The fourth-order valence-corrected chi connectivity index (χ4v) is 4.32. The molecule has 0 unspecified atom stereocenters. The number of aliphatic hydroxyl groups excluding tert-OH is 1. The van der Waals surface area contributed by atoms with E-state index in [1.807, 2.05) is 17.4 Å². The molecule has 2 aromatic rings. The average molecular weight is 361 g/mol. The summed E-state index contributed by atoms with van der Waals surface area (Å²) in [5.74, 6) is 0.199. The van der Waals surface area contributed by atoms with Gasteiger partial charge in [-0.25, -0.2) is 0 Å². The van der Waals surface area contributed by atoms with Crippen molar-refractivity contribution in [3.8, 4) is 5.75 Å². The van der Waals surface area contributed by atoms with Crippen molar-refractivity contribution in [2.45, 2.75) is 39.0 Å². The fourth-order valence-electron chi connectivity index (χ4n) is 3.40. The van der Waals surface area contributed by atoms with Gasteiger partial charge in [0.25, 0.3) is 0 Å². The molecule has 1 aliphatic rings. The highest BCUT2D eigenvalue weighted by atomic mass is 32.1. The molecule has 1 atom stereocenters. The molecule has 1 fully saturated rings. The molecular weight excluding hydrogens is 332 g/mol. The maximum Gasteiger partial charge on any atom is 0.115 e. The molecule has 2 heterocycles. The van der Waals surface area contributed by atoms with Gasteiger partial charge in [-0.05, 0) is 67.2 Å². The second-order valence-electron chi connectivity index (χ2n) is 6.84. The Labute approximate surface area is 154 Å². The number of thiophene rings is 1. The number of aliphatic hydroxyl groups is 1. The van der Waals surface area contributed by atoms with Gasteiger partial charge < -0.3 is 10.2 Å². The maximum atomic E-state index is 10.5. The summed E-state index contributed by atoms with van der Waals surface area (Å²) in [4.78, 5) is 6.12. The van der Waals surface area contributed by atoms with Gasteiger partial charge in [0.2, 0.25) is 0 Å². The van der Waals surface area contributed by atoms with Crippen molar-refractivity contribution < 1.29 is 10.2 Å². The lowest BCUT2D eigenvalue weighted by molar-refractivity contribution is 0.112. The molecule has 25 heavy (non-hydrogen) atoms. The summed E-state index contributed by atoms with van der Waals surface area (Å²) in [7, 11) is 0. The highest BCUT2D eigenvalue weighted by molar-refractivity contribution is 7.10. The first-order valence-corrected chi connectivity index (χ1v) is 10.00. The minimum atomic E-state index is -0.587. The van der Waals surface area contributed by atoms with Crippen molar-refractivity contribution in [2.24, 2.45) is 0 Å². The van der Waals surface area contributed by atoms with Crippen molar-refractivity contribution in [3.05, 3.63) is 51.7 Å². The van der Waals surface area contributed by atoms with Gasteiger partial charge in [-0.2, -0.15) is 0 Å². The largest absolute Gasteiger partial charge is 0.508 e. The van der Waals surface area contributed by atoms with E-state index in [1.165, 1.54) is 36.4 Å². The Hall–Kier alpha value is -1.40. The summed E-state index contributed by atoms with van der Waals surface area (Å²) in [6.45, 7) is 7.94. The Kier molecular flexibility index (Phi) is 6.48. The van der Waals surface area contributed by atoms with Gasteiger partial charge in [-0.1, -0.05) is 19.1 Å². The third-order valence-corrected chi connectivity index (χ3v) is 5.80. The van der Waals surface area contributed by atoms with Crippen LogP contribution in [0.15, 0.2) is 35.7 Å². The molecule has 0 aliphatic carbocycles. The number of benzene rings is 1. The first-order chi connectivity index (χ1) is 12.1. The number of rotatable bonds is 8. The molecule has 1 aromatic heterocycles. The summed E-state index contributed by atoms with van der Waals surface area (Å²) in [6.07, 6.45) is 2.07. The van der Waals surface area contributed by atoms with Crippen LogP contribution in [0.25, 0.3) is 0 Å². The molecule has 1 aromatic carbocycles. The normalized spacial score (nSPS) is 16.6. The summed E-state index contributed by atoms with van der Waals surface area (Å²) in [5, 5.41) is 22.3. The monoisotopic (exact) mass is 360 g/mol. The molecule has 1 saturated heterocycles. The number of nitrogens with zero attached hydrogens (tertiary/aromatic N) is 2. The van der Waals surface area contributed by atoms with E-state index in [1.54, 1.807) is 18.2 Å². The molecule has 0 bridgehead atoms. The van der Waals surface area contributed by atoms with E-state index in [0.717, 1.165) is 25.2 Å². The number of likely N-dealkylation sites (N-methyl/N-ethyl adjacent to an activating group) is 1. The summed E-state index contributed by atoms with van der Waals surface area (Å²) >= 11 is 1.81. The fraction of sp³-hybridized carbons (Fsp3) is 0.500. The number of likely N-dealkylation sites (tertiary alicyclic amines) is 1. The molecule has 0 spiro atoms. The highest BCUT2D eigenvalue weighted by Gasteiger charge is 2.16. The van der Waals surface area contributed by atoms with Crippen molar-refractivity contribution in [2.75, 3.05) is 26.2 Å². The van der Waals surface area contributed by atoms with E-state index >= 15 is 0 Å². The molecule has 3 rings (SSSR count). The van der Waals surface area contributed by atoms with Crippen molar-refractivity contribution in [1.82, 2.24) is 9.80 Å². The van der Waals surface area contributed by atoms with Crippen LogP contribution in [-0.4, -0.2) is 46.2 Å². The van der Waals surface area contributed by atoms with Gasteiger partial charge in [-0.15, -0.1) is 11.3 Å². The first kappa shape index (κ1) is 18.4. The Balaban J connectivity index is 1.55. The summed E-state index contributed by atoms with van der Waals surface area (Å²) in [6, 6.07) is 9.21. The molecule has 0 amide bonds. The zero-order valence-corrected chi connectivity index (χ0v) is 15.7. The molecule has 4 nitrogen and oxygen atoms in total. The van der Waals surface area contributed by atoms with E-state index in [9.17, 15) is 10.2 Å². The lowest BCUT2D eigenvalue weighted by Crippen LogP contribution is -2.27. The van der Waals surface area contributed by atoms with Crippen LogP contribution in [0.3, 0.4) is 0 Å². The van der Waals surface area contributed by atoms with Crippen LogP contribution < -0.4 is 0 Å². The quantitative estimate of drug-likeness (QED) is 0.755. The van der Waals surface area contributed by atoms with Crippen LogP contribution in [0.1, 0.15) is 41.9 Å².